The van der Waals surface area contributed by atoms with Crippen LogP contribution in [0.4, 0.5) is 5.69 Å². The van der Waals surface area contributed by atoms with Crippen LogP contribution in [0.3, 0.4) is 0 Å². The summed E-state index contributed by atoms with van der Waals surface area (Å²) in [7, 11) is 0. The summed E-state index contributed by atoms with van der Waals surface area (Å²) in [5.74, 6) is -0.00234. The Balaban J connectivity index is 2.21. The number of rotatable bonds is 3. The van der Waals surface area contributed by atoms with Gasteiger partial charge in [0.15, 0.2) is 5.78 Å². The lowest BCUT2D eigenvalue weighted by molar-refractivity contribution is -0.126. The molecular formula is C15H19NO3. The Bertz CT molecular complexity index is 510. The summed E-state index contributed by atoms with van der Waals surface area (Å²) in [6.45, 7) is 5.99. The Kier molecular flexibility index (Phi) is 4.00. The van der Waals surface area contributed by atoms with E-state index in [1.807, 2.05) is 26.0 Å². The number of anilines is 1. The van der Waals surface area contributed by atoms with Gasteiger partial charge >= 0.3 is 0 Å². The van der Waals surface area contributed by atoms with Crippen LogP contribution in [0.5, 0.6) is 0 Å². The van der Waals surface area contributed by atoms with Crippen molar-refractivity contribution in [1.82, 2.24) is 0 Å². The van der Waals surface area contributed by atoms with E-state index in [1.54, 1.807) is 6.07 Å². The minimum Gasteiger partial charge on any atom is -0.368 e. The van der Waals surface area contributed by atoms with Crippen LogP contribution in [0.15, 0.2) is 18.2 Å². The van der Waals surface area contributed by atoms with Crippen LogP contribution in [-0.4, -0.2) is 24.4 Å². The molecule has 1 heterocycles. The Morgan fingerprint density at radius 1 is 1.37 bits per heavy atom. The van der Waals surface area contributed by atoms with E-state index in [2.05, 4.69) is 5.32 Å². The lowest BCUT2D eigenvalue weighted by Gasteiger charge is -2.16. The standard InChI is InChI=1S/C15H19NO3/c1-9-5-4-6-12(13(9)11(3)17)16-15(18)14-10(2)7-8-19-14/h4-6,10,14H,7-8H2,1-3H3,(H,16,18)/t10-,14-/m0/s1. The molecule has 19 heavy (non-hydrogen) atoms. The first-order valence-electron chi connectivity index (χ1n) is 6.53. The van der Waals surface area contributed by atoms with E-state index in [0.29, 0.717) is 17.9 Å². The highest BCUT2D eigenvalue weighted by Crippen LogP contribution is 2.24. The second kappa shape index (κ2) is 5.53. The second-order valence-electron chi connectivity index (χ2n) is 5.10. The second-order valence-corrected chi connectivity index (χ2v) is 5.10. The number of ketones is 1. The first-order chi connectivity index (χ1) is 9.00. The Morgan fingerprint density at radius 3 is 2.68 bits per heavy atom. The Hall–Kier alpha value is -1.68. The van der Waals surface area contributed by atoms with Crippen molar-refractivity contribution < 1.29 is 14.3 Å². The molecule has 1 amide bonds. The van der Waals surface area contributed by atoms with Crippen molar-refractivity contribution in [2.24, 2.45) is 5.92 Å². The van der Waals surface area contributed by atoms with E-state index in [0.717, 1.165) is 12.0 Å². The quantitative estimate of drug-likeness (QED) is 0.851. The molecule has 1 saturated heterocycles. The van der Waals surface area contributed by atoms with Crippen molar-refractivity contribution in [3.8, 4) is 0 Å². The van der Waals surface area contributed by atoms with E-state index in [-0.39, 0.29) is 17.6 Å². The first-order valence-corrected chi connectivity index (χ1v) is 6.53. The first kappa shape index (κ1) is 13.7. The molecule has 2 rings (SSSR count). The van der Waals surface area contributed by atoms with Crippen LogP contribution in [-0.2, 0) is 9.53 Å². The van der Waals surface area contributed by atoms with Crippen molar-refractivity contribution >= 4 is 17.4 Å². The third-order valence-corrected chi connectivity index (χ3v) is 3.53. The summed E-state index contributed by atoms with van der Waals surface area (Å²) in [5.41, 5.74) is 2.01. The summed E-state index contributed by atoms with van der Waals surface area (Å²) in [5, 5.41) is 2.82. The van der Waals surface area contributed by atoms with Gasteiger partial charge in [-0.05, 0) is 37.8 Å². The number of hydrogen-bond acceptors (Lipinski definition) is 3. The minimum absolute atomic E-state index is 0.0474. The summed E-state index contributed by atoms with van der Waals surface area (Å²) in [6, 6.07) is 5.44. The number of carbonyl (C=O) groups excluding carboxylic acids is 2. The van der Waals surface area contributed by atoms with E-state index in [1.165, 1.54) is 6.92 Å². The summed E-state index contributed by atoms with van der Waals surface area (Å²) >= 11 is 0. The van der Waals surface area contributed by atoms with Gasteiger partial charge in [-0.15, -0.1) is 0 Å². The molecule has 4 nitrogen and oxygen atoms in total. The van der Waals surface area contributed by atoms with Crippen molar-refractivity contribution in [2.75, 3.05) is 11.9 Å². The molecule has 1 aliphatic rings. The Labute approximate surface area is 113 Å². The monoisotopic (exact) mass is 261 g/mol. The fourth-order valence-corrected chi connectivity index (χ4v) is 2.47. The Morgan fingerprint density at radius 2 is 2.11 bits per heavy atom. The predicted molar refractivity (Wildman–Crippen MR) is 73.3 cm³/mol. The van der Waals surface area contributed by atoms with Crippen molar-refractivity contribution in [1.29, 1.82) is 0 Å². The highest BCUT2D eigenvalue weighted by Gasteiger charge is 2.31. The maximum Gasteiger partial charge on any atom is 0.253 e. The lowest BCUT2D eigenvalue weighted by Crippen LogP contribution is -2.31. The van der Waals surface area contributed by atoms with E-state index >= 15 is 0 Å². The molecule has 0 aliphatic carbocycles. The van der Waals surface area contributed by atoms with Crippen LogP contribution in [0.1, 0.15) is 36.2 Å². The number of carbonyl (C=O) groups is 2. The molecule has 0 aromatic heterocycles. The van der Waals surface area contributed by atoms with Gasteiger partial charge < -0.3 is 10.1 Å². The van der Waals surface area contributed by atoms with Crippen LogP contribution in [0.25, 0.3) is 0 Å². The van der Waals surface area contributed by atoms with Crippen molar-refractivity contribution in [2.45, 2.75) is 33.3 Å². The predicted octanol–water partition coefficient (Wildman–Crippen LogP) is 2.56. The average Bonchev–Trinajstić information content (AvgIpc) is 2.75. The number of aryl methyl sites for hydroxylation is 1. The van der Waals surface area contributed by atoms with Crippen molar-refractivity contribution in [3.63, 3.8) is 0 Å². The topological polar surface area (TPSA) is 55.4 Å². The number of amides is 1. The number of ether oxygens (including phenoxy) is 1. The molecule has 0 spiro atoms. The summed E-state index contributed by atoms with van der Waals surface area (Å²) in [6.07, 6.45) is 0.478. The van der Waals surface area contributed by atoms with Crippen LogP contribution in [0.2, 0.25) is 0 Å². The number of hydrogen-bond donors (Lipinski definition) is 1. The SMILES string of the molecule is CC(=O)c1c(C)cccc1NC(=O)[C@H]1OCC[C@@H]1C. The molecule has 0 unspecified atom stereocenters. The molecule has 102 valence electrons. The van der Waals surface area contributed by atoms with E-state index in [4.69, 9.17) is 4.74 Å². The van der Waals surface area contributed by atoms with Gasteiger partial charge in [-0.25, -0.2) is 0 Å². The zero-order chi connectivity index (χ0) is 14.0. The van der Waals surface area contributed by atoms with Gasteiger partial charge in [-0.3, -0.25) is 9.59 Å². The maximum absolute atomic E-state index is 12.2. The highest BCUT2D eigenvalue weighted by atomic mass is 16.5. The molecule has 4 heteroatoms. The molecule has 1 aliphatic heterocycles. The minimum atomic E-state index is -0.416. The smallest absolute Gasteiger partial charge is 0.253 e. The number of Topliss-reactive ketones (excluding diaryl/α,β-unsaturated/α-hetero) is 1. The zero-order valence-corrected chi connectivity index (χ0v) is 11.5. The number of nitrogens with one attached hydrogen (secondary N) is 1. The molecule has 0 saturated carbocycles. The summed E-state index contributed by atoms with van der Waals surface area (Å²) < 4.78 is 5.43. The molecular weight excluding hydrogens is 242 g/mol. The van der Waals surface area contributed by atoms with Gasteiger partial charge in [0.05, 0.1) is 5.69 Å². The number of benzene rings is 1. The normalized spacial score (nSPS) is 22.3. The average molecular weight is 261 g/mol. The fraction of sp³-hybridized carbons (Fsp3) is 0.467. The fourth-order valence-electron chi connectivity index (χ4n) is 2.47. The molecule has 1 fully saturated rings. The molecule has 1 aromatic carbocycles. The molecule has 1 N–H and O–H groups in total. The highest BCUT2D eigenvalue weighted by molar-refractivity contribution is 6.05. The molecule has 2 atom stereocenters. The van der Waals surface area contributed by atoms with Crippen LogP contribution in [0, 0.1) is 12.8 Å². The molecule has 1 aromatic rings. The maximum atomic E-state index is 12.2. The van der Waals surface area contributed by atoms with Crippen LogP contribution < -0.4 is 5.32 Å². The molecule has 0 radical (unpaired) electrons. The van der Waals surface area contributed by atoms with Crippen molar-refractivity contribution in [3.05, 3.63) is 29.3 Å². The van der Waals surface area contributed by atoms with Gasteiger partial charge in [0.25, 0.3) is 5.91 Å². The van der Waals surface area contributed by atoms with Gasteiger partial charge in [0.1, 0.15) is 6.10 Å². The third-order valence-electron chi connectivity index (χ3n) is 3.53. The van der Waals surface area contributed by atoms with Gasteiger partial charge in [-0.1, -0.05) is 19.1 Å². The van der Waals surface area contributed by atoms with Crippen LogP contribution >= 0.6 is 0 Å². The third kappa shape index (κ3) is 2.84. The zero-order valence-electron chi connectivity index (χ0n) is 11.5. The summed E-state index contributed by atoms with van der Waals surface area (Å²) in [4.78, 5) is 23.8. The van der Waals surface area contributed by atoms with Gasteiger partial charge in [-0.2, -0.15) is 0 Å². The van der Waals surface area contributed by atoms with E-state index in [9.17, 15) is 9.59 Å². The molecule has 0 bridgehead atoms. The largest absolute Gasteiger partial charge is 0.368 e. The van der Waals surface area contributed by atoms with Gasteiger partial charge in [0.2, 0.25) is 0 Å². The van der Waals surface area contributed by atoms with E-state index < -0.39 is 6.10 Å². The lowest BCUT2D eigenvalue weighted by atomic mass is 10.0. The van der Waals surface area contributed by atoms with Gasteiger partial charge in [0, 0.05) is 12.2 Å².